The highest BCUT2D eigenvalue weighted by molar-refractivity contribution is 5.73. The van der Waals surface area contributed by atoms with Crippen molar-refractivity contribution in [2.24, 2.45) is 0 Å². The number of aromatic nitrogens is 2. The Morgan fingerprint density at radius 2 is 2.55 bits per heavy atom. The van der Waals surface area contributed by atoms with Crippen molar-refractivity contribution in [3.05, 3.63) is 24.2 Å². The molecule has 1 heterocycles. The van der Waals surface area contributed by atoms with Crippen LogP contribution < -0.4 is 0 Å². The first kappa shape index (κ1) is 7.53. The van der Waals surface area contributed by atoms with Gasteiger partial charge in [-0.05, 0) is 0 Å². The van der Waals surface area contributed by atoms with Crippen molar-refractivity contribution in [2.45, 2.75) is 0 Å². The normalized spacial score (nSPS) is 10.3. The monoisotopic (exact) mass is 152 g/mol. The lowest BCUT2D eigenvalue weighted by Gasteiger charge is -1.87. The number of hydrogen-bond donors (Lipinski definition) is 0. The number of rotatable bonds is 3. The van der Waals surface area contributed by atoms with Crippen LogP contribution in [0.15, 0.2) is 18.7 Å². The second kappa shape index (κ2) is 3.55. The van der Waals surface area contributed by atoms with E-state index in [0.29, 0.717) is 5.56 Å². The molecule has 0 unspecified atom stereocenters. The minimum absolute atomic E-state index is 0.547. The van der Waals surface area contributed by atoms with E-state index in [0.717, 1.165) is 6.29 Å². The molecule has 11 heavy (non-hydrogen) atoms. The fourth-order valence-electron chi connectivity index (χ4n) is 0.618. The molecule has 1 rings (SSSR count). The Morgan fingerprint density at radius 3 is 3.09 bits per heavy atom. The first-order chi connectivity index (χ1) is 5.36. The average molecular weight is 152 g/mol. The molecule has 0 spiro atoms. The van der Waals surface area contributed by atoms with Crippen molar-refractivity contribution in [3.63, 3.8) is 0 Å². The Hall–Kier alpha value is -1.58. The minimum atomic E-state index is 0.547. The van der Waals surface area contributed by atoms with Gasteiger partial charge in [0.25, 0.3) is 0 Å². The molecule has 0 amide bonds. The van der Waals surface area contributed by atoms with Gasteiger partial charge in [-0.1, -0.05) is 0 Å². The standard InChI is InChI=1S/C7H8N2O2/c1-11-3-2-9-5-7(6-10)4-8-9/h2-6H,1H3/b3-2+. The molecule has 0 aliphatic heterocycles. The fourth-order valence-corrected chi connectivity index (χ4v) is 0.618. The highest BCUT2D eigenvalue weighted by atomic mass is 16.5. The Morgan fingerprint density at radius 1 is 1.73 bits per heavy atom. The quantitative estimate of drug-likeness (QED) is 0.474. The third kappa shape index (κ3) is 1.93. The lowest BCUT2D eigenvalue weighted by Crippen LogP contribution is -1.84. The lowest BCUT2D eigenvalue weighted by atomic mass is 10.4. The second-order valence-corrected chi connectivity index (χ2v) is 1.89. The maximum Gasteiger partial charge on any atom is 0.153 e. The molecule has 0 aliphatic carbocycles. The van der Waals surface area contributed by atoms with Crippen molar-refractivity contribution in [3.8, 4) is 0 Å². The summed E-state index contributed by atoms with van der Waals surface area (Å²) < 4.78 is 6.15. The Bertz CT molecular complexity index is 265. The molecule has 0 atom stereocenters. The van der Waals surface area contributed by atoms with Gasteiger partial charge in [-0.2, -0.15) is 5.10 Å². The van der Waals surface area contributed by atoms with Gasteiger partial charge in [0.15, 0.2) is 6.29 Å². The lowest BCUT2D eigenvalue weighted by molar-refractivity contribution is 0.112. The number of hydrogen-bond acceptors (Lipinski definition) is 3. The van der Waals surface area contributed by atoms with Crippen LogP contribution in [0.5, 0.6) is 0 Å². The summed E-state index contributed by atoms with van der Waals surface area (Å²) in [6.07, 6.45) is 6.90. The first-order valence-electron chi connectivity index (χ1n) is 3.05. The first-order valence-corrected chi connectivity index (χ1v) is 3.05. The minimum Gasteiger partial charge on any atom is -0.503 e. The molecule has 4 heteroatoms. The fraction of sp³-hybridized carbons (Fsp3) is 0.143. The van der Waals surface area contributed by atoms with Gasteiger partial charge in [0.1, 0.15) is 6.26 Å². The summed E-state index contributed by atoms with van der Waals surface area (Å²) in [5.41, 5.74) is 0.547. The van der Waals surface area contributed by atoms with Crippen LogP contribution in [0.1, 0.15) is 10.4 Å². The SMILES string of the molecule is CO/C=C/n1cc(C=O)cn1. The van der Waals surface area contributed by atoms with Crippen molar-refractivity contribution < 1.29 is 9.53 Å². The van der Waals surface area contributed by atoms with Crippen molar-refractivity contribution in [2.75, 3.05) is 7.11 Å². The summed E-state index contributed by atoms with van der Waals surface area (Å²) in [6.45, 7) is 0. The van der Waals surface area contributed by atoms with Gasteiger partial charge in [0, 0.05) is 6.20 Å². The van der Waals surface area contributed by atoms with Crippen molar-refractivity contribution >= 4 is 12.5 Å². The van der Waals surface area contributed by atoms with E-state index in [1.54, 1.807) is 19.5 Å². The number of carbonyl (C=O) groups excluding carboxylic acids is 1. The van der Waals surface area contributed by atoms with E-state index in [4.69, 9.17) is 0 Å². The zero-order chi connectivity index (χ0) is 8.10. The van der Waals surface area contributed by atoms with Gasteiger partial charge in [0.05, 0.1) is 25.1 Å². The van der Waals surface area contributed by atoms with Crippen molar-refractivity contribution in [1.29, 1.82) is 0 Å². The van der Waals surface area contributed by atoms with Crippen LogP contribution in [0.2, 0.25) is 0 Å². The molecule has 58 valence electrons. The Labute approximate surface area is 64.1 Å². The summed E-state index contributed by atoms with van der Waals surface area (Å²) in [5.74, 6) is 0. The molecule has 0 saturated carbocycles. The number of aldehydes is 1. The van der Waals surface area contributed by atoms with E-state index in [9.17, 15) is 4.79 Å². The third-order valence-corrected chi connectivity index (χ3v) is 1.11. The van der Waals surface area contributed by atoms with E-state index in [1.165, 1.54) is 17.1 Å². The smallest absolute Gasteiger partial charge is 0.153 e. The van der Waals surface area contributed by atoms with Crippen LogP contribution in [-0.4, -0.2) is 23.2 Å². The predicted octanol–water partition coefficient (Wildman–Crippen LogP) is 0.770. The molecule has 1 aromatic heterocycles. The molecule has 0 radical (unpaired) electrons. The number of nitrogens with zero attached hydrogens (tertiary/aromatic N) is 2. The zero-order valence-electron chi connectivity index (χ0n) is 6.10. The molecule has 0 aromatic carbocycles. The average Bonchev–Trinajstić information content (AvgIpc) is 2.48. The van der Waals surface area contributed by atoms with Gasteiger partial charge in [-0.15, -0.1) is 0 Å². The zero-order valence-corrected chi connectivity index (χ0v) is 6.10. The summed E-state index contributed by atoms with van der Waals surface area (Å²) in [6, 6.07) is 0. The largest absolute Gasteiger partial charge is 0.503 e. The summed E-state index contributed by atoms with van der Waals surface area (Å²) in [7, 11) is 1.54. The van der Waals surface area contributed by atoms with Crippen molar-refractivity contribution in [1.82, 2.24) is 9.78 Å². The van der Waals surface area contributed by atoms with Crippen LogP contribution in [0.4, 0.5) is 0 Å². The summed E-state index contributed by atoms with van der Waals surface area (Å²) in [5, 5.41) is 3.84. The van der Waals surface area contributed by atoms with Crippen LogP contribution in [0.3, 0.4) is 0 Å². The number of carbonyl (C=O) groups is 1. The maximum atomic E-state index is 10.2. The van der Waals surface area contributed by atoms with Crippen LogP contribution in [0, 0.1) is 0 Å². The molecule has 0 N–H and O–H groups in total. The molecule has 0 fully saturated rings. The second-order valence-electron chi connectivity index (χ2n) is 1.89. The van der Waals surface area contributed by atoms with Gasteiger partial charge < -0.3 is 4.74 Å². The van der Waals surface area contributed by atoms with Crippen LogP contribution in [0.25, 0.3) is 6.20 Å². The van der Waals surface area contributed by atoms with Gasteiger partial charge in [0.2, 0.25) is 0 Å². The predicted molar refractivity (Wildman–Crippen MR) is 40.0 cm³/mol. The van der Waals surface area contributed by atoms with E-state index in [2.05, 4.69) is 9.84 Å². The van der Waals surface area contributed by atoms with E-state index in [1.807, 2.05) is 0 Å². The van der Waals surface area contributed by atoms with Gasteiger partial charge in [-0.3, -0.25) is 4.79 Å². The molecular weight excluding hydrogens is 144 g/mol. The molecule has 1 aromatic rings. The topological polar surface area (TPSA) is 44.1 Å². The van der Waals surface area contributed by atoms with E-state index in [-0.39, 0.29) is 0 Å². The number of methoxy groups -OCH3 is 1. The summed E-state index contributed by atoms with van der Waals surface area (Å²) in [4.78, 5) is 10.2. The van der Waals surface area contributed by atoms with Gasteiger partial charge >= 0.3 is 0 Å². The molecule has 0 aliphatic rings. The number of ether oxygens (including phenoxy) is 1. The Kier molecular flexibility index (Phi) is 2.43. The third-order valence-electron chi connectivity index (χ3n) is 1.11. The van der Waals surface area contributed by atoms with E-state index < -0.39 is 0 Å². The molecule has 4 nitrogen and oxygen atoms in total. The highest BCUT2D eigenvalue weighted by Gasteiger charge is 1.91. The Balaban J connectivity index is 2.72. The summed E-state index contributed by atoms with van der Waals surface area (Å²) >= 11 is 0. The molecule has 0 saturated heterocycles. The highest BCUT2D eigenvalue weighted by Crippen LogP contribution is 1.93. The molecule has 0 bridgehead atoms. The van der Waals surface area contributed by atoms with Crippen LogP contribution >= 0.6 is 0 Å². The molecular formula is C7H8N2O2. The van der Waals surface area contributed by atoms with Crippen LogP contribution in [-0.2, 0) is 4.74 Å². The van der Waals surface area contributed by atoms with Gasteiger partial charge in [-0.25, -0.2) is 4.68 Å². The maximum absolute atomic E-state index is 10.2. The van der Waals surface area contributed by atoms with E-state index >= 15 is 0 Å².